The highest BCUT2D eigenvalue weighted by atomic mass is 16.7. The molecule has 0 radical (unpaired) electrons. The Labute approximate surface area is 180 Å². The molecule has 13 heteroatoms. The Kier molecular flexibility index (Phi) is 8.59. The van der Waals surface area contributed by atoms with E-state index in [4.69, 9.17) is 41.9 Å². The molecule has 13 N–H and O–H groups in total. The summed E-state index contributed by atoms with van der Waals surface area (Å²) in [5.41, 5.74) is 24.2. The van der Waals surface area contributed by atoms with Crippen molar-refractivity contribution in [3.8, 4) is 0 Å². The summed E-state index contributed by atoms with van der Waals surface area (Å²) in [4.78, 5) is 0. The molecule has 182 valence electrons. The zero-order chi connectivity index (χ0) is 22.9. The Hall–Kier alpha value is -0.520. The summed E-state index contributed by atoms with van der Waals surface area (Å²) in [5, 5.41) is 49.6. The predicted molar refractivity (Wildman–Crippen MR) is 105 cm³/mol. The maximum Gasteiger partial charge on any atom is 0.173 e. The molecule has 2 aliphatic heterocycles. The zero-order valence-electron chi connectivity index (χ0n) is 17.2. The van der Waals surface area contributed by atoms with Gasteiger partial charge >= 0.3 is 0 Å². The highest BCUT2D eigenvalue weighted by Crippen LogP contribution is 2.30. The van der Waals surface area contributed by atoms with Gasteiger partial charge in [-0.3, -0.25) is 0 Å². The second kappa shape index (κ2) is 10.6. The fourth-order valence-corrected chi connectivity index (χ4v) is 4.38. The lowest BCUT2D eigenvalue weighted by molar-refractivity contribution is -0.297. The number of aliphatic hydroxyl groups is 5. The van der Waals surface area contributed by atoms with Crippen molar-refractivity contribution >= 4 is 0 Å². The topological polar surface area (TPSA) is 242 Å². The molecule has 2 heterocycles. The van der Waals surface area contributed by atoms with E-state index < -0.39 is 92.7 Å². The summed E-state index contributed by atoms with van der Waals surface area (Å²) in [5.74, 6) is 0. The summed E-state index contributed by atoms with van der Waals surface area (Å²) >= 11 is 0. The summed E-state index contributed by atoms with van der Waals surface area (Å²) in [6.45, 7) is -0.861. The van der Waals surface area contributed by atoms with Gasteiger partial charge in [0, 0.05) is 24.5 Å². The normalized spacial score (nSPS) is 51.6. The van der Waals surface area contributed by atoms with Crippen molar-refractivity contribution < 1.29 is 44.5 Å². The molecule has 13 unspecified atom stereocenters. The van der Waals surface area contributed by atoms with Crippen LogP contribution in [0, 0.1) is 0 Å². The van der Waals surface area contributed by atoms with Crippen molar-refractivity contribution in [3.63, 3.8) is 0 Å². The van der Waals surface area contributed by atoms with Crippen LogP contribution in [0.1, 0.15) is 19.3 Å². The summed E-state index contributed by atoms with van der Waals surface area (Å²) in [6.07, 6.45) is -8.29. The Morgan fingerprint density at radius 3 is 1.90 bits per heavy atom. The van der Waals surface area contributed by atoms with Gasteiger partial charge in [0.2, 0.25) is 0 Å². The van der Waals surface area contributed by atoms with Crippen molar-refractivity contribution in [2.75, 3.05) is 13.2 Å². The van der Waals surface area contributed by atoms with Crippen LogP contribution in [0.5, 0.6) is 0 Å². The first kappa shape index (κ1) is 25.1. The molecule has 0 amide bonds. The third-order valence-electron chi connectivity index (χ3n) is 6.23. The van der Waals surface area contributed by atoms with Crippen LogP contribution < -0.4 is 22.9 Å². The first-order valence-electron chi connectivity index (χ1n) is 10.6. The second-order valence-electron chi connectivity index (χ2n) is 8.62. The largest absolute Gasteiger partial charge is 0.394 e. The summed E-state index contributed by atoms with van der Waals surface area (Å²) in [6, 6.07) is -2.67. The first-order chi connectivity index (χ1) is 14.7. The van der Waals surface area contributed by atoms with Gasteiger partial charge in [-0.15, -0.1) is 0 Å². The molecule has 0 spiro atoms. The van der Waals surface area contributed by atoms with Crippen molar-refractivity contribution in [2.24, 2.45) is 22.9 Å². The quantitative estimate of drug-likeness (QED) is 0.183. The number of hydrogen-bond acceptors (Lipinski definition) is 13. The molecular formula is C18H36N4O9. The predicted octanol–water partition coefficient (Wildman–Crippen LogP) is -5.23. The SMILES string of the molecule is NC1CC(O)C(CO)OC1OC1C(N)CC(N)C(OC2CC(N)C(O)C(CO)O2)C1O. The summed E-state index contributed by atoms with van der Waals surface area (Å²) in [7, 11) is 0. The Balaban J connectivity index is 1.66. The third kappa shape index (κ3) is 5.52. The van der Waals surface area contributed by atoms with Crippen molar-refractivity contribution in [1.29, 1.82) is 0 Å². The van der Waals surface area contributed by atoms with Gasteiger partial charge in [0.1, 0.15) is 30.5 Å². The van der Waals surface area contributed by atoms with Gasteiger partial charge in [0.05, 0.1) is 31.5 Å². The molecule has 0 aromatic carbocycles. The Morgan fingerprint density at radius 1 is 0.677 bits per heavy atom. The van der Waals surface area contributed by atoms with Crippen molar-refractivity contribution in [1.82, 2.24) is 0 Å². The number of aliphatic hydroxyl groups excluding tert-OH is 5. The maximum atomic E-state index is 10.9. The van der Waals surface area contributed by atoms with Gasteiger partial charge in [-0.2, -0.15) is 0 Å². The van der Waals surface area contributed by atoms with Gasteiger partial charge < -0.3 is 67.4 Å². The monoisotopic (exact) mass is 452 g/mol. The minimum atomic E-state index is -1.27. The van der Waals surface area contributed by atoms with Gasteiger partial charge in [0.15, 0.2) is 12.6 Å². The molecule has 0 aromatic heterocycles. The van der Waals surface area contributed by atoms with Crippen LogP contribution in [0.15, 0.2) is 0 Å². The van der Waals surface area contributed by atoms with Crippen LogP contribution >= 0.6 is 0 Å². The standard InChI is InChI=1S/C18H36N4O9/c19-6-3-13(28-12(5-24)14(6)26)30-16-7(20)1-8(21)17(15(16)27)31-18-9(22)2-10(25)11(4-23)29-18/h6-18,23-27H,1-5,19-22H2. The smallest absolute Gasteiger partial charge is 0.173 e. The van der Waals surface area contributed by atoms with E-state index in [1.807, 2.05) is 0 Å². The van der Waals surface area contributed by atoms with E-state index in [9.17, 15) is 25.5 Å². The maximum absolute atomic E-state index is 10.9. The van der Waals surface area contributed by atoms with Gasteiger partial charge in [-0.25, -0.2) is 0 Å². The van der Waals surface area contributed by atoms with Crippen LogP contribution in [0.25, 0.3) is 0 Å². The average Bonchev–Trinajstić information content (AvgIpc) is 2.72. The van der Waals surface area contributed by atoms with Crippen molar-refractivity contribution in [2.45, 2.75) is 98.7 Å². The lowest BCUT2D eigenvalue weighted by atomic mass is 9.84. The number of nitrogens with two attached hydrogens (primary N) is 4. The molecule has 3 rings (SSSR count). The lowest BCUT2D eigenvalue weighted by Crippen LogP contribution is -2.66. The fraction of sp³-hybridized carbons (Fsp3) is 1.00. The van der Waals surface area contributed by atoms with Crippen molar-refractivity contribution in [3.05, 3.63) is 0 Å². The molecule has 13 nitrogen and oxygen atoms in total. The number of rotatable bonds is 6. The van der Waals surface area contributed by atoms with E-state index in [1.54, 1.807) is 0 Å². The molecule has 1 aliphatic carbocycles. The van der Waals surface area contributed by atoms with Crippen LogP contribution in [-0.4, -0.2) is 118 Å². The molecule has 13 atom stereocenters. The molecular weight excluding hydrogens is 416 g/mol. The summed E-state index contributed by atoms with van der Waals surface area (Å²) < 4.78 is 22.8. The van der Waals surface area contributed by atoms with Crippen LogP contribution in [0.4, 0.5) is 0 Å². The second-order valence-corrected chi connectivity index (χ2v) is 8.62. The first-order valence-corrected chi connectivity index (χ1v) is 10.6. The average molecular weight is 453 g/mol. The van der Waals surface area contributed by atoms with Crippen LogP contribution in [-0.2, 0) is 18.9 Å². The molecule has 31 heavy (non-hydrogen) atoms. The van der Waals surface area contributed by atoms with E-state index in [2.05, 4.69) is 0 Å². The van der Waals surface area contributed by atoms with Gasteiger partial charge in [-0.1, -0.05) is 0 Å². The molecule has 1 saturated carbocycles. The minimum absolute atomic E-state index is 0.137. The zero-order valence-corrected chi connectivity index (χ0v) is 17.2. The van der Waals surface area contributed by atoms with E-state index in [0.29, 0.717) is 0 Å². The van der Waals surface area contributed by atoms with E-state index in [1.165, 1.54) is 0 Å². The van der Waals surface area contributed by atoms with E-state index in [-0.39, 0.29) is 19.3 Å². The fourth-order valence-electron chi connectivity index (χ4n) is 4.38. The van der Waals surface area contributed by atoms with E-state index >= 15 is 0 Å². The third-order valence-corrected chi connectivity index (χ3v) is 6.23. The molecule has 2 saturated heterocycles. The van der Waals surface area contributed by atoms with Gasteiger partial charge in [0.25, 0.3) is 0 Å². The molecule has 3 aliphatic rings. The Bertz CT molecular complexity index is 578. The lowest BCUT2D eigenvalue weighted by Gasteiger charge is -2.47. The number of ether oxygens (including phenoxy) is 4. The highest BCUT2D eigenvalue weighted by Gasteiger charge is 2.48. The molecule has 0 bridgehead atoms. The van der Waals surface area contributed by atoms with Crippen LogP contribution in [0.2, 0.25) is 0 Å². The number of hydrogen-bond donors (Lipinski definition) is 9. The minimum Gasteiger partial charge on any atom is -0.394 e. The molecule has 3 fully saturated rings. The highest BCUT2D eigenvalue weighted by molar-refractivity contribution is 5.00. The molecule has 0 aromatic rings. The van der Waals surface area contributed by atoms with E-state index in [0.717, 1.165) is 0 Å². The Morgan fingerprint density at radius 2 is 1.29 bits per heavy atom. The van der Waals surface area contributed by atoms with Gasteiger partial charge in [-0.05, 0) is 12.8 Å². The van der Waals surface area contributed by atoms with Crippen LogP contribution in [0.3, 0.4) is 0 Å².